The Morgan fingerprint density at radius 3 is 0.864 bits per heavy atom. The lowest BCUT2D eigenvalue weighted by atomic mass is 9.90. The van der Waals surface area contributed by atoms with E-state index in [0.29, 0.717) is 0 Å². The molecule has 0 atom stereocenters. The molecule has 0 aliphatic rings. The Kier molecular flexibility index (Phi) is 22.5. The molecular weight excluding hydrogens is 873 g/mol. The van der Waals surface area contributed by atoms with Crippen LogP contribution in [0.15, 0.2) is 35.0 Å². The zero-order chi connectivity index (χ0) is 45.8. The predicted octanol–water partition coefficient (Wildman–Crippen LogP) is 23.6. The third kappa shape index (κ3) is 13.7. The van der Waals surface area contributed by atoms with E-state index < -0.39 is 0 Å². The molecule has 66 heavy (non-hydrogen) atoms. The maximum atomic E-state index is 2.71. The van der Waals surface area contributed by atoms with Crippen molar-refractivity contribution in [2.45, 2.75) is 259 Å². The molecule has 4 heterocycles. The van der Waals surface area contributed by atoms with Crippen LogP contribution in [-0.4, -0.2) is 0 Å². The molecule has 362 valence electrons. The van der Waals surface area contributed by atoms with Gasteiger partial charge < -0.3 is 0 Å². The van der Waals surface area contributed by atoms with Crippen molar-refractivity contribution in [1.29, 1.82) is 0 Å². The summed E-state index contributed by atoms with van der Waals surface area (Å²) >= 11 is 8.33. The highest BCUT2D eigenvalue weighted by molar-refractivity contribution is 7.29. The molecule has 3 aromatic carbocycles. The quantitative estimate of drug-likeness (QED) is 0.0344. The fourth-order valence-electron chi connectivity index (χ4n) is 11.5. The first-order chi connectivity index (χ1) is 32.7. The Morgan fingerprint density at radius 1 is 0.288 bits per heavy atom. The minimum atomic E-state index is 1.24. The molecule has 0 amide bonds. The monoisotopic (exact) mass is 963 g/mol. The van der Waals surface area contributed by atoms with Gasteiger partial charge in [0, 0.05) is 60.5 Å². The summed E-state index contributed by atoms with van der Waals surface area (Å²) in [6.07, 6.45) is 49.3. The van der Waals surface area contributed by atoms with Gasteiger partial charge >= 0.3 is 0 Å². The minimum Gasteiger partial charge on any atom is -0.143 e. The van der Waals surface area contributed by atoms with Gasteiger partial charge in [-0.25, -0.2) is 0 Å². The average molecular weight is 964 g/mol. The maximum absolute atomic E-state index is 2.71. The molecule has 0 fully saturated rings. The number of benzene rings is 3. The molecule has 7 aromatic rings. The molecule has 0 saturated heterocycles. The van der Waals surface area contributed by atoms with E-state index in [9.17, 15) is 0 Å². The van der Waals surface area contributed by atoms with Gasteiger partial charge in [-0.3, -0.25) is 0 Å². The van der Waals surface area contributed by atoms with Gasteiger partial charge in [-0.2, -0.15) is 0 Å². The summed E-state index contributed by atoms with van der Waals surface area (Å²) in [5.41, 5.74) is 6.89. The van der Waals surface area contributed by atoms with E-state index in [2.05, 4.69) is 85.4 Å². The fourth-order valence-corrected chi connectivity index (χ4v) is 16.2. The lowest BCUT2D eigenvalue weighted by molar-refractivity contribution is 0.571. The van der Waals surface area contributed by atoms with Crippen LogP contribution in [0.5, 0.6) is 0 Å². The molecule has 0 bridgehead atoms. The third-order valence-corrected chi connectivity index (χ3v) is 19.6. The number of unbranched alkanes of at least 4 members (excludes halogenated alkanes) is 28. The molecule has 0 nitrogen and oxygen atoms in total. The van der Waals surface area contributed by atoms with Gasteiger partial charge in [0.15, 0.2) is 0 Å². The Morgan fingerprint density at radius 2 is 0.561 bits per heavy atom. The summed E-state index contributed by atoms with van der Waals surface area (Å²) in [5, 5.41) is 14.3. The second-order valence-corrected chi connectivity index (χ2v) is 24.5. The summed E-state index contributed by atoms with van der Waals surface area (Å²) in [7, 11) is 0. The Bertz CT molecular complexity index is 2290. The van der Waals surface area contributed by atoms with Crippen LogP contribution in [0.4, 0.5) is 0 Å². The van der Waals surface area contributed by atoms with Gasteiger partial charge in [0.1, 0.15) is 0 Å². The molecule has 4 heteroatoms. The first-order valence-electron chi connectivity index (χ1n) is 28.3. The van der Waals surface area contributed by atoms with Crippen molar-refractivity contribution >= 4 is 106 Å². The second kappa shape index (κ2) is 28.6. The summed E-state index contributed by atoms with van der Waals surface area (Å²) in [6.45, 7) is 9.34. The van der Waals surface area contributed by atoms with Gasteiger partial charge in [-0.1, -0.05) is 207 Å². The average Bonchev–Trinajstić information content (AvgIpc) is 4.15. The smallest absolute Gasteiger partial charge is 0.0445 e. The summed E-state index contributed by atoms with van der Waals surface area (Å²) in [5.74, 6) is 0. The van der Waals surface area contributed by atoms with Crippen molar-refractivity contribution < 1.29 is 0 Å². The molecule has 0 saturated carbocycles. The number of aryl methyl sites for hydroxylation is 4. The Labute approximate surface area is 419 Å². The molecular formula is C62H90S4. The predicted molar refractivity (Wildman–Crippen MR) is 308 cm³/mol. The zero-order valence-electron chi connectivity index (χ0n) is 42.6. The van der Waals surface area contributed by atoms with Crippen LogP contribution in [0.1, 0.15) is 255 Å². The molecule has 0 N–H and O–H groups in total. The van der Waals surface area contributed by atoms with Crippen LogP contribution in [0, 0.1) is 0 Å². The number of fused-ring (bicyclic) bond motifs is 10. The third-order valence-electron chi connectivity index (χ3n) is 15.3. The highest BCUT2D eigenvalue weighted by atomic mass is 32.1. The SMILES string of the molecule is CCCCCCCCCCc1c(CCCCCCCCCC)c2c3cc4sc5c6ccsc6c(CCCCCCCCCC)c(CCCCCCCCCC)c5c4cc3sc2c2ccsc12. The highest BCUT2D eigenvalue weighted by Gasteiger charge is 2.24. The van der Waals surface area contributed by atoms with E-state index in [1.807, 2.05) is 22.7 Å². The maximum Gasteiger partial charge on any atom is 0.0445 e. The highest BCUT2D eigenvalue weighted by Crippen LogP contribution is 2.50. The van der Waals surface area contributed by atoms with Crippen molar-refractivity contribution in [2.75, 3.05) is 0 Å². The van der Waals surface area contributed by atoms with Crippen LogP contribution in [0.25, 0.3) is 60.5 Å². The molecule has 0 spiro atoms. The molecule has 7 rings (SSSR count). The van der Waals surface area contributed by atoms with E-state index in [1.165, 1.54) is 241 Å². The van der Waals surface area contributed by atoms with Gasteiger partial charge in [-0.15, -0.1) is 45.3 Å². The number of rotatable bonds is 36. The van der Waals surface area contributed by atoms with Crippen molar-refractivity contribution in [3.63, 3.8) is 0 Å². The van der Waals surface area contributed by atoms with E-state index in [-0.39, 0.29) is 0 Å². The Balaban J connectivity index is 1.25. The van der Waals surface area contributed by atoms with Crippen LogP contribution in [0.3, 0.4) is 0 Å². The first kappa shape index (κ1) is 51.9. The fraction of sp³-hybridized carbons (Fsp3) is 0.645. The van der Waals surface area contributed by atoms with Crippen molar-refractivity contribution in [1.82, 2.24) is 0 Å². The van der Waals surface area contributed by atoms with Crippen molar-refractivity contribution in [3.8, 4) is 0 Å². The topological polar surface area (TPSA) is 0 Å². The molecule has 0 aliphatic carbocycles. The summed E-state index contributed by atoms with van der Waals surface area (Å²) < 4.78 is 9.42. The van der Waals surface area contributed by atoms with E-state index in [4.69, 9.17) is 0 Å². The van der Waals surface area contributed by atoms with Crippen LogP contribution in [-0.2, 0) is 25.7 Å². The molecule has 0 aliphatic heterocycles. The van der Waals surface area contributed by atoms with E-state index >= 15 is 0 Å². The lowest BCUT2D eigenvalue weighted by Gasteiger charge is -2.15. The van der Waals surface area contributed by atoms with Crippen molar-refractivity contribution in [3.05, 3.63) is 57.3 Å². The van der Waals surface area contributed by atoms with Crippen LogP contribution >= 0.6 is 45.3 Å². The Hall–Kier alpha value is -1.98. The van der Waals surface area contributed by atoms with Crippen LogP contribution in [0.2, 0.25) is 0 Å². The van der Waals surface area contributed by atoms with Gasteiger partial charge in [0.2, 0.25) is 0 Å². The standard InChI is InChI=1S/C62H90S4/c1-5-9-13-17-21-25-29-33-37-47-49(39-35-31-27-23-19-15-11-7-3)59-51(41-43-63-59)61-57(47)53-45-56-54(46-55(53)65-61)58-48(38-34-30-26-22-18-14-10-6-2)50(40-36-32-28-24-20-16-12-8-4)60-52(42-44-64-60)62(58)66-56/h41-46H,5-40H2,1-4H3. The van der Waals surface area contributed by atoms with Crippen LogP contribution < -0.4 is 0 Å². The number of hydrogen-bond acceptors (Lipinski definition) is 4. The second-order valence-electron chi connectivity index (χ2n) is 20.6. The zero-order valence-corrected chi connectivity index (χ0v) is 45.8. The largest absolute Gasteiger partial charge is 0.143 e. The normalized spacial score (nSPS) is 12.3. The number of thiophene rings is 4. The van der Waals surface area contributed by atoms with Gasteiger partial charge in [-0.05, 0) is 109 Å². The van der Waals surface area contributed by atoms with Gasteiger partial charge in [0.25, 0.3) is 0 Å². The lowest BCUT2D eigenvalue weighted by Crippen LogP contribution is -1.98. The van der Waals surface area contributed by atoms with Gasteiger partial charge in [0.05, 0.1) is 0 Å². The summed E-state index contributed by atoms with van der Waals surface area (Å²) in [6, 6.07) is 10.4. The van der Waals surface area contributed by atoms with Crippen molar-refractivity contribution in [2.24, 2.45) is 0 Å². The number of hydrogen-bond donors (Lipinski definition) is 0. The summed E-state index contributed by atoms with van der Waals surface area (Å²) in [4.78, 5) is 0. The first-order valence-corrected chi connectivity index (χ1v) is 31.7. The molecule has 0 radical (unpaired) electrons. The molecule has 4 aromatic heterocycles. The minimum absolute atomic E-state index is 1.24. The molecule has 0 unspecified atom stereocenters. The van der Waals surface area contributed by atoms with E-state index in [1.54, 1.807) is 73.4 Å². The van der Waals surface area contributed by atoms with E-state index in [0.717, 1.165) is 0 Å².